The number of hydrogen-bond donors (Lipinski definition) is 1. The molecular formula is C30H26FN3O5S. The molecule has 0 atom stereocenters. The number of benzene rings is 3. The van der Waals surface area contributed by atoms with Gasteiger partial charge in [-0.15, -0.1) is 0 Å². The Kier molecular flexibility index (Phi) is 6.47. The molecule has 1 saturated carbocycles. The zero-order valence-corrected chi connectivity index (χ0v) is 22.6. The van der Waals surface area contributed by atoms with Crippen LogP contribution in [-0.4, -0.2) is 24.6 Å². The molecule has 1 fully saturated rings. The van der Waals surface area contributed by atoms with E-state index in [0.717, 1.165) is 37.5 Å². The van der Waals surface area contributed by atoms with Gasteiger partial charge in [-0.05, 0) is 67.6 Å². The van der Waals surface area contributed by atoms with Crippen molar-refractivity contribution in [3.63, 3.8) is 0 Å². The van der Waals surface area contributed by atoms with Gasteiger partial charge in [-0.1, -0.05) is 35.4 Å². The maximum absolute atomic E-state index is 14.1. The smallest absolute Gasteiger partial charge is 0.488 e. The fraction of sp³-hybridized carbons (Fsp3) is 0.267. The Balaban J connectivity index is 1.66. The van der Waals surface area contributed by atoms with Crippen LogP contribution in [0.3, 0.4) is 0 Å². The topological polar surface area (TPSA) is 114 Å². The van der Waals surface area contributed by atoms with Gasteiger partial charge in [0.05, 0.1) is 34.5 Å². The van der Waals surface area contributed by atoms with E-state index < -0.39 is 10.5 Å². The molecule has 0 aliphatic heterocycles. The number of aromatic amines is 1. The van der Waals surface area contributed by atoms with Gasteiger partial charge in [-0.3, -0.25) is 4.79 Å². The predicted octanol–water partition coefficient (Wildman–Crippen LogP) is 6.67. The molecule has 0 saturated heterocycles. The number of ether oxygens (including phenoxy) is 1. The lowest BCUT2D eigenvalue weighted by Crippen LogP contribution is -2.21. The van der Waals surface area contributed by atoms with E-state index in [4.69, 9.17) is 4.74 Å². The highest BCUT2D eigenvalue weighted by Gasteiger charge is 2.27. The normalized spacial score (nSPS) is 13.9. The fourth-order valence-electron chi connectivity index (χ4n) is 5.39. The zero-order chi connectivity index (χ0) is 28.0. The third-order valence-electron chi connectivity index (χ3n) is 7.51. The van der Waals surface area contributed by atoms with E-state index in [1.807, 2.05) is 19.1 Å². The van der Waals surface area contributed by atoms with Crippen molar-refractivity contribution in [2.45, 2.75) is 45.1 Å². The summed E-state index contributed by atoms with van der Waals surface area (Å²) in [7, 11) is -5.20. The number of pyridine rings is 1. The highest BCUT2D eigenvalue weighted by atomic mass is 32.3. The number of rotatable bonds is 8. The molecular weight excluding hydrogens is 533 g/mol. The number of hydrogen-bond acceptors (Lipinski definition) is 6. The van der Waals surface area contributed by atoms with Crippen LogP contribution in [0, 0.1) is 11.3 Å². The Morgan fingerprint density at radius 1 is 1.12 bits per heavy atom. The second-order valence-electron chi connectivity index (χ2n) is 10.1. The van der Waals surface area contributed by atoms with Gasteiger partial charge in [-0.25, -0.2) is 0 Å². The van der Waals surface area contributed by atoms with Crippen molar-refractivity contribution >= 4 is 43.3 Å². The van der Waals surface area contributed by atoms with Crippen LogP contribution in [0.25, 0.3) is 44.0 Å². The standard InChI is InChI=1S/C30H26FN3O5S/c1-2-3-12-38-27-16-24-26(15-23(27)19-6-4-9-21(14-19)39-40(31,36)37)34(20-7-5-8-20)30-28(29(24)35)22-11-10-18(17-32)13-25(22)33-30/h4,6,9-11,13-16,20,33H,2-3,5,7-8,12H2,1H3. The van der Waals surface area contributed by atoms with E-state index in [2.05, 4.69) is 19.8 Å². The van der Waals surface area contributed by atoms with Crippen LogP contribution >= 0.6 is 0 Å². The summed E-state index contributed by atoms with van der Waals surface area (Å²) < 4.78 is 48.3. The lowest BCUT2D eigenvalue weighted by molar-refractivity contribution is 0.310. The SMILES string of the molecule is CCCCOc1cc2c(=O)c3c4ccc(C#N)cc4[nH]c3n(C3CCC3)c2cc1-c1cccc(OS(=O)(=O)F)c1. The van der Waals surface area contributed by atoms with E-state index in [-0.39, 0.29) is 17.2 Å². The summed E-state index contributed by atoms with van der Waals surface area (Å²) in [5, 5.41) is 11.2. The van der Waals surface area contributed by atoms with Gasteiger partial charge in [-0.2, -0.15) is 13.7 Å². The predicted molar refractivity (Wildman–Crippen MR) is 152 cm³/mol. The molecule has 2 aromatic heterocycles. The number of nitrogens with one attached hydrogen (secondary N) is 1. The minimum absolute atomic E-state index is 0.149. The Hall–Kier alpha value is -4.36. The molecule has 40 heavy (non-hydrogen) atoms. The highest BCUT2D eigenvalue weighted by molar-refractivity contribution is 7.81. The summed E-state index contributed by atoms with van der Waals surface area (Å²) in [5.74, 6) is 0.291. The van der Waals surface area contributed by atoms with E-state index in [0.29, 0.717) is 56.5 Å². The van der Waals surface area contributed by atoms with Crippen LogP contribution in [0.2, 0.25) is 0 Å². The fourth-order valence-corrected chi connectivity index (χ4v) is 5.73. The second kappa shape index (κ2) is 9.99. The average Bonchev–Trinajstić information content (AvgIpc) is 3.27. The second-order valence-corrected chi connectivity index (χ2v) is 11.0. The van der Waals surface area contributed by atoms with Gasteiger partial charge in [0.2, 0.25) is 0 Å². The quantitative estimate of drug-likeness (QED) is 0.168. The average molecular weight is 560 g/mol. The number of nitrogens with zero attached hydrogens (tertiary/aromatic N) is 2. The van der Waals surface area contributed by atoms with Crippen molar-refractivity contribution < 1.29 is 21.2 Å². The van der Waals surface area contributed by atoms with E-state index in [1.54, 1.807) is 30.3 Å². The maximum Gasteiger partial charge on any atom is 0.488 e. The third kappa shape index (κ3) is 4.56. The highest BCUT2D eigenvalue weighted by Crippen LogP contribution is 2.41. The monoisotopic (exact) mass is 559 g/mol. The first-order valence-corrected chi connectivity index (χ1v) is 14.5. The molecule has 0 radical (unpaired) electrons. The number of nitriles is 1. The Bertz CT molecular complexity index is 2000. The number of fused-ring (bicyclic) bond motifs is 4. The lowest BCUT2D eigenvalue weighted by atomic mass is 9.91. The largest absolute Gasteiger partial charge is 0.493 e. The molecule has 6 rings (SSSR count). The summed E-state index contributed by atoms with van der Waals surface area (Å²) in [5.41, 5.74) is 3.64. The van der Waals surface area contributed by atoms with Crippen LogP contribution < -0.4 is 14.3 Å². The molecule has 10 heteroatoms. The molecule has 204 valence electrons. The first kappa shape index (κ1) is 25.9. The molecule has 1 aliphatic rings. The van der Waals surface area contributed by atoms with Crippen molar-refractivity contribution in [2.24, 2.45) is 0 Å². The van der Waals surface area contributed by atoms with Gasteiger partial charge in [0.25, 0.3) is 0 Å². The molecule has 0 bridgehead atoms. The molecule has 0 unspecified atom stereocenters. The van der Waals surface area contributed by atoms with Gasteiger partial charge >= 0.3 is 10.5 Å². The minimum Gasteiger partial charge on any atom is -0.493 e. The Labute approximate surface area is 230 Å². The van der Waals surface area contributed by atoms with Crippen molar-refractivity contribution in [1.29, 1.82) is 5.26 Å². The van der Waals surface area contributed by atoms with E-state index in [9.17, 15) is 22.4 Å². The van der Waals surface area contributed by atoms with Crippen LogP contribution in [0.4, 0.5) is 3.89 Å². The van der Waals surface area contributed by atoms with Gasteiger partial charge in [0.1, 0.15) is 17.1 Å². The number of H-pyrrole nitrogens is 1. The summed E-state index contributed by atoms with van der Waals surface area (Å²) in [6, 6.07) is 17.3. The van der Waals surface area contributed by atoms with Crippen LogP contribution in [-0.2, 0) is 10.5 Å². The third-order valence-corrected chi connectivity index (χ3v) is 7.91. The van der Waals surface area contributed by atoms with Crippen molar-refractivity contribution in [3.8, 4) is 28.7 Å². The zero-order valence-electron chi connectivity index (χ0n) is 21.7. The Morgan fingerprint density at radius 3 is 2.65 bits per heavy atom. The lowest BCUT2D eigenvalue weighted by Gasteiger charge is -2.31. The number of halogens is 1. The summed E-state index contributed by atoms with van der Waals surface area (Å²) in [6.07, 6.45) is 4.69. The van der Waals surface area contributed by atoms with Gasteiger partial charge in [0.15, 0.2) is 5.43 Å². The number of aromatic nitrogens is 2. The van der Waals surface area contributed by atoms with Crippen LogP contribution in [0.1, 0.15) is 50.6 Å². The van der Waals surface area contributed by atoms with Crippen molar-refractivity contribution in [2.75, 3.05) is 6.61 Å². The maximum atomic E-state index is 14.1. The molecule has 1 N–H and O–H groups in total. The van der Waals surface area contributed by atoms with Crippen molar-refractivity contribution in [3.05, 3.63) is 70.4 Å². The minimum atomic E-state index is -5.20. The molecule has 0 amide bonds. The molecule has 3 aromatic carbocycles. The van der Waals surface area contributed by atoms with E-state index in [1.165, 1.54) is 12.1 Å². The molecule has 8 nitrogen and oxygen atoms in total. The van der Waals surface area contributed by atoms with E-state index >= 15 is 0 Å². The Morgan fingerprint density at radius 2 is 1.95 bits per heavy atom. The first-order chi connectivity index (χ1) is 19.3. The summed E-state index contributed by atoms with van der Waals surface area (Å²) >= 11 is 0. The first-order valence-electron chi connectivity index (χ1n) is 13.2. The molecule has 5 aromatic rings. The van der Waals surface area contributed by atoms with Gasteiger partial charge in [0, 0.05) is 22.5 Å². The van der Waals surface area contributed by atoms with Crippen LogP contribution in [0.15, 0.2) is 59.4 Å². The summed E-state index contributed by atoms with van der Waals surface area (Å²) in [4.78, 5) is 17.5. The summed E-state index contributed by atoms with van der Waals surface area (Å²) in [6.45, 7) is 2.47. The number of unbranched alkanes of at least 4 members (excludes halogenated alkanes) is 1. The molecule has 2 heterocycles. The van der Waals surface area contributed by atoms with Crippen molar-refractivity contribution in [1.82, 2.24) is 9.55 Å². The molecule has 0 spiro atoms. The van der Waals surface area contributed by atoms with Crippen LogP contribution in [0.5, 0.6) is 11.5 Å². The molecule has 1 aliphatic carbocycles. The van der Waals surface area contributed by atoms with Gasteiger partial charge < -0.3 is 18.5 Å².